The van der Waals surface area contributed by atoms with Gasteiger partial charge in [-0.2, -0.15) is 5.10 Å². The molecule has 4 rings (SSSR count). The van der Waals surface area contributed by atoms with Crippen LogP contribution in [-0.2, 0) is 13.2 Å². The molecule has 9 heteroatoms. The highest BCUT2D eigenvalue weighted by Crippen LogP contribution is 2.24. The third-order valence-corrected chi connectivity index (χ3v) is 5.11. The molecule has 0 saturated heterocycles. The summed E-state index contributed by atoms with van der Waals surface area (Å²) >= 11 is 0. The lowest BCUT2D eigenvalue weighted by Gasteiger charge is -2.06. The number of carbonyl (C=O) groups excluding carboxylic acids is 1. The van der Waals surface area contributed by atoms with E-state index in [1.54, 1.807) is 42.1 Å². The summed E-state index contributed by atoms with van der Waals surface area (Å²) in [6, 6.07) is 17.5. The van der Waals surface area contributed by atoms with Gasteiger partial charge in [-0.15, -0.1) is 0 Å². The third-order valence-electron chi connectivity index (χ3n) is 5.11. The highest BCUT2D eigenvalue weighted by Gasteiger charge is 2.15. The Morgan fingerprint density at radius 1 is 1.12 bits per heavy atom. The van der Waals surface area contributed by atoms with Gasteiger partial charge in [-0.3, -0.25) is 19.6 Å². The Morgan fingerprint density at radius 2 is 1.94 bits per heavy atom. The summed E-state index contributed by atoms with van der Waals surface area (Å²) in [7, 11) is 0. The number of nitrogens with zero attached hydrogens (tertiary/aromatic N) is 3. The second kappa shape index (κ2) is 9.39. The summed E-state index contributed by atoms with van der Waals surface area (Å²) < 4.78 is 13.0. The summed E-state index contributed by atoms with van der Waals surface area (Å²) in [5.74, 6) is 1.04. The predicted octanol–water partition coefficient (Wildman–Crippen LogP) is 4.88. The SMILES string of the molecule is Cc1ccccc1Cn1ccc(NC(=O)c2ccc(COc3ccc([N+](=O)[O-])c(C)c3)o2)n1. The minimum absolute atomic E-state index is 0.0284. The average Bonchev–Trinajstić information content (AvgIpc) is 3.43. The number of aryl methyl sites for hydroxylation is 2. The van der Waals surface area contributed by atoms with Gasteiger partial charge in [0.15, 0.2) is 11.6 Å². The van der Waals surface area contributed by atoms with Crippen LogP contribution < -0.4 is 10.1 Å². The van der Waals surface area contributed by atoms with E-state index in [4.69, 9.17) is 9.15 Å². The molecular formula is C24H22N4O5. The van der Waals surface area contributed by atoms with Crippen LogP contribution in [0.15, 0.2) is 71.3 Å². The number of rotatable bonds is 8. The van der Waals surface area contributed by atoms with Crippen molar-refractivity contribution in [1.29, 1.82) is 0 Å². The van der Waals surface area contributed by atoms with Crippen molar-refractivity contribution in [2.24, 2.45) is 0 Å². The fourth-order valence-corrected chi connectivity index (χ4v) is 3.31. The maximum absolute atomic E-state index is 12.5. The fraction of sp³-hybridized carbons (Fsp3) is 0.167. The van der Waals surface area contributed by atoms with Crippen molar-refractivity contribution in [2.75, 3.05) is 5.32 Å². The van der Waals surface area contributed by atoms with Crippen molar-refractivity contribution in [3.05, 3.63) is 105 Å². The summed E-state index contributed by atoms with van der Waals surface area (Å²) in [5.41, 5.74) is 2.85. The number of nitro groups is 1. The number of hydrogen-bond donors (Lipinski definition) is 1. The second-order valence-electron chi connectivity index (χ2n) is 7.54. The first kappa shape index (κ1) is 21.8. The van der Waals surface area contributed by atoms with Gasteiger partial charge in [-0.1, -0.05) is 24.3 Å². The molecule has 0 saturated carbocycles. The number of ether oxygens (including phenoxy) is 1. The maximum atomic E-state index is 12.5. The third kappa shape index (κ3) is 5.27. The van der Waals surface area contributed by atoms with Gasteiger partial charge in [0.05, 0.1) is 11.5 Å². The van der Waals surface area contributed by atoms with Crippen molar-refractivity contribution in [1.82, 2.24) is 9.78 Å². The van der Waals surface area contributed by atoms with Gasteiger partial charge in [0.1, 0.15) is 18.1 Å². The lowest BCUT2D eigenvalue weighted by Crippen LogP contribution is -2.12. The van der Waals surface area contributed by atoms with Crippen LogP contribution in [0.1, 0.15) is 33.0 Å². The minimum atomic E-state index is -0.442. The van der Waals surface area contributed by atoms with Crippen molar-refractivity contribution in [2.45, 2.75) is 27.0 Å². The molecule has 2 heterocycles. The molecule has 0 bridgehead atoms. The molecule has 2 aromatic heterocycles. The molecule has 168 valence electrons. The largest absolute Gasteiger partial charge is 0.486 e. The van der Waals surface area contributed by atoms with Crippen LogP contribution in [-0.4, -0.2) is 20.6 Å². The summed E-state index contributed by atoms with van der Waals surface area (Å²) in [6.07, 6.45) is 1.80. The molecule has 1 N–H and O–H groups in total. The second-order valence-corrected chi connectivity index (χ2v) is 7.54. The van der Waals surface area contributed by atoms with Crippen molar-refractivity contribution in [3.8, 4) is 5.75 Å². The van der Waals surface area contributed by atoms with Crippen LogP contribution in [0.4, 0.5) is 11.5 Å². The van der Waals surface area contributed by atoms with Gasteiger partial charge in [-0.05, 0) is 49.2 Å². The number of furan rings is 1. The maximum Gasteiger partial charge on any atom is 0.292 e. The molecule has 0 unspecified atom stereocenters. The molecule has 33 heavy (non-hydrogen) atoms. The van der Waals surface area contributed by atoms with Gasteiger partial charge in [0, 0.05) is 23.9 Å². The normalized spacial score (nSPS) is 10.7. The Hall–Kier alpha value is -4.40. The summed E-state index contributed by atoms with van der Waals surface area (Å²) in [6.45, 7) is 4.37. The van der Waals surface area contributed by atoms with E-state index in [0.717, 1.165) is 5.56 Å². The van der Waals surface area contributed by atoms with Crippen LogP contribution in [0.5, 0.6) is 5.75 Å². The number of nitrogens with one attached hydrogen (secondary N) is 1. The summed E-state index contributed by atoms with van der Waals surface area (Å²) in [4.78, 5) is 23.0. The molecule has 0 fully saturated rings. The standard InChI is InChI=1S/C24H22N4O5/c1-16-5-3-4-6-18(16)14-27-12-11-23(26-27)25-24(29)22-10-8-20(33-22)15-32-19-7-9-21(28(30)31)17(2)13-19/h3-13H,14-15H2,1-2H3,(H,25,26,29). The molecular weight excluding hydrogens is 424 g/mol. The number of amides is 1. The van der Waals surface area contributed by atoms with Crippen molar-refractivity contribution in [3.63, 3.8) is 0 Å². The van der Waals surface area contributed by atoms with Gasteiger partial charge >= 0.3 is 0 Å². The average molecular weight is 446 g/mol. The Balaban J connectivity index is 1.34. The summed E-state index contributed by atoms with van der Waals surface area (Å²) in [5, 5.41) is 18.0. The van der Waals surface area contributed by atoms with Crippen molar-refractivity contribution < 1.29 is 18.9 Å². The van der Waals surface area contributed by atoms with E-state index in [1.807, 2.05) is 31.2 Å². The van der Waals surface area contributed by atoms with Crippen LogP contribution in [0.3, 0.4) is 0 Å². The molecule has 0 aliphatic heterocycles. The molecule has 0 spiro atoms. The van der Waals surface area contributed by atoms with E-state index >= 15 is 0 Å². The Bertz CT molecular complexity index is 1310. The van der Waals surface area contributed by atoms with E-state index < -0.39 is 10.8 Å². The van der Waals surface area contributed by atoms with Crippen molar-refractivity contribution >= 4 is 17.4 Å². The number of carbonyl (C=O) groups is 1. The van der Waals surface area contributed by atoms with Crippen LogP contribution >= 0.6 is 0 Å². The quantitative estimate of drug-likeness (QED) is 0.305. The fourth-order valence-electron chi connectivity index (χ4n) is 3.31. The molecule has 0 aliphatic carbocycles. The van der Waals surface area contributed by atoms with Gasteiger partial charge in [-0.25, -0.2) is 0 Å². The first-order valence-electron chi connectivity index (χ1n) is 10.2. The van der Waals surface area contributed by atoms with E-state index in [0.29, 0.717) is 29.4 Å². The van der Waals surface area contributed by atoms with E-state index in [1.165, 1.54) is 17.7 Å². The smallest absolute Gasteiger partial charge is 0.292 e. The van der Waals surface area contributed by atoms with Gasteiger partial charge in [0.2, 0.25) is 0 Å². The molecule has 0 radical (unpaired) electrons. The lowest BCUT2D eigenvalue weighted by molar-refractivity contribution is -0.385. The molecule has 2 aromatic carbocycles. The molecule has 9 nitrogen and oxygen atoms in total. The zero-order valence-electron chi connectivity index (χ0n) is 18.1. The highest BCUT2D eigenvalue weighted by molar-refractivity contribution is 6.01. The molecule has 1 amide bonds. The number of anilines is 1. The van der Waals surface area contributed by atoms with Crippen LogP contribution in [0.2, 0.25) is 0 Å². The topological polar surface area (TPSA) is 112 Å². The Kier molecular flexibility index (Phi) is 6.21. The number of nitro benzene ring substituents is 1. The Labute approximate surface area is 189 Å². The van der Waals surface area contributed by atoms with Gasteiger partial charge < -0.3 is 14.5 Å². The number of aromatic nitrogens is 2. The van der Waals surface area contributed by atoms with Crippen LogP contribution in [0, 0.1) is 24.0 Å². The number of hydrogen-bond acceptors (Lipinski definition) is 6. The first-order valence-corrected chi connectivity index (χ1v) is 10.2. The molecule has 0 atom stereocenters. The van der Waals surface area contributed by atoms with E-state index in [-0.39, 0.29) is 18.1 Å². The lowest BCUT2D eigenvalue weighted by atomic mass is 10.1. The Morgan fingerprint density at radius 3 is 2.70 bits per heavy atom. The molecule has 4 aromatic rings. The number of benzene rings is 2. The van der Waals surface area contributed by atoms with Gasteiger partial charge in [0.25, 0.3) is 11.6 Å². The molecule has 0 aliphatic rings. The first-order chi connectivity index (χ1) is 15.9. The predicted molar refractivity (Wildman–Crippen MR) is 121 cm³/mol. The minimum Gasteiger partial charge on any atom is -0.486 e. The highest BCUT2D eigenvalue weighted by atomic mass is 16.6. The zero-order chi connectivity index (χ0) is 23.4. The van der Waals surface area contributed by atoms with Crippen LogP contribution in [0.25, 0.3) is 0 Å². The zero-order valence-corrected chi connectivity index (χ0v) is 18.1. The monoisotopic (exact) mass is 446 g/mol. The van der Waals surface area contributed by atoms with E-state index in [2.05, 4.69) is 10.4 Å². The van der Waals surface area contributed by atoms with E-state index in [9.17, 15) is 14.9 Å².